The van der Waals surface area contributed by atoms with Gasteiger partial charge in [-0.2, -0.15) is 5.10 Å². The summed E-state index contributed by atoms with van der Waals surface area (Å²) in [6.07, 6.45) is 1.60. The smallest absolute Gasteiger partial charge is 0.285 e. The monoisotopic (exact) mass is 223 g/mol. The number of aromatic amines is 1. The van der Waals surface area contributed by atoms with Gasteiger partial charge in [-0.1, -0.05) is 17.7 Å². The number of hydrogen-bond acceptors (Lipinski definition) is 3. The van der Waals surface area contributed by atoms with Gasteiger partial charge < -0.3 is 0 Å². The molecule has 0 bridgehead atoms. The van der Waals surface area contributed by atoms with Gasteiger partial charge in [0.05, 0.1) is 16.2 Å². The lowest BCUT2D eigenvalue weighted by Crippen LogP contribution is -1.93. The highest BCUT2D eigenvalue weighted by Crippen LogP contribution is 2.34. The predicted octanol–water partition coefficient (Wildman–Crippen LogP) is 2.64. The molecule has 0 aliphatic rings. The van der Waals surface area contributed by atoms with E-state index in [1.165, 1.54) is 6.07 Å². The number of halogens is 1. The van der Waals surface area contributed by atoms with Crippen molar-refractivity contribution in [2.45, 2.75) is 0 Å². The van der Waals surface area contributed by atoms with Crippen molar-refractivity contribution in [3.05, 3.63) is 45.6 Å². The lowest BCUT2D eigenvalue weighted by atomic mass is 10.1. The zero-order valence-corrected chi connectivity index (χ0v) is 8.23. The molecular formula is C9H6ClN3O2. The maximum Gasteiger partial charge on any atom is 0.297 e. The van der Waals surface area contributed by atoms with Gasteiger partial charge in [0.25, 0.3) is 5.69 Å². The van der Waals surface area contributed by atoms with E-state index in [1.807, 2.05) is 0 Å². The summed E-state index contributed by atoms with van der Waals surface area (Å²) in [7, 11) is 0. The summed E-state index contributed by atoms with van der Waals surface area (Å²) in [6, 6.07) is 6.40. The lowest BCUT2D eigenvalue weighted by molar-refractivity contribution is -0.384. The Kier molecular flexibility index (Phi) is 2.39. The van der Waals surface area contributed by atoms with Crippen molar-refractivity contribution in [3.8, 4) is 11.3 Å². The number of H-pyrrole nitrogens is 1. The summed E-state index contributed by atoms with van der Waals surface area (Å²) in [5.41, 5.74) is 0.796. The van der Waals surface area contributed by atoms with Crippen LogP contribution in [0.4, 0.5) is 5.69 Å². The van der Waals surface area contributed by atoms with Crippen LogP contribution in [-0.2, 0) is 0 Å². The third-order valence-electron chi connectivity index (χ3n) is 1.95. The Labute approximate surface area is 89.8 Å². The van der Waals surface area contributed by atoms with Crippen LogP contribution in [0.2, 0.25) is 5.02 Å². The molecule has 6 heteroatoms. The van der Waals surface area contributed by atoms with Crippen LogP contribution in [0.1, 0.15) is 0 Å². The van der Waals surface area contributed by atoms with Gasteiger partial charge in [-0.3, -0.25) is 15.2 Å². The number of nitrogens with one attached hydrogen (secondary N) is 1. The van der Waals surface area contributed by atoms with Crippen LogP contribution in [0.5, 0.6) is 0 Å². The maximum atomic E-state index is 10.8. The molecule has 2 aromatic rings. The van der Waals surface area contributed by atoms with E-state index in [9.17, 15) is 10.1 Å². The topological polar surface area (TPSA) is 71.8 Å². The Morgan fingerprint density at radius 3 is 2.80 bits per heavy atom. The standard InChI is InChI=1S/C9H6ClN3O2/c10-7-3-1-2-6(9(7)13(14)15)8-4-5-11-12-8/h1-5H,(H,11,12). The van der Waals surface area contributed by atoms with Crippen molar-refractivity contribution in [2.24, 2.45) is 0 Å². The van der Waals surface area contributed by atoms with Gasteiger partial charge in [0, 0.05) is 6.20 Å². The first-order valence-corrected chi connectivity index (χ1v) is 4.51. The molecule has 0 amide bonds. The quantitative estimate of drug-likeness (QED) is 0.628. The molecule has 1 heterocycles. The molecule has 0 aliphatic heterocycles. The number of nitro benzene ring substituents is 1. The second-order valence-corrected chi connectivity index (χ2v) is 3.26. The molecule has 76 valence electrons. The highest BCUT2D eigenvalue weighted by atomic mass is 35.5. The van der Waals surface area contributed by atoms with Crippen LogP contribution in [0.3, 0.4) is 0 Å². The van der Waals surface area contributed by atoms with E-state index in [2.05, 4.69) is 10.2 Å². The molecule has 0 aliphatic carbocycles. The highest BCUT2D eigenvalue weighted by molar-refractivity contribution is 6.33. The van der Waals surface area contributed by atoms with Gasteiger partial charge in [-0.15, -0.1) is 0 Å². The summed E-state index contributed by atoms with van der Waals surface area (Å²) in [5.74, 6) is 0. The minimum atomic E-state index is -0.508. The van der Waals surface area contributed by atoms with Gasteiger partial charge in [0.2, 0.25) is 0 Å². The molecule has 0 radical (unpaired) electrons. The molecular weight excluding hydrogens is 218 g/mol. The molecule has 1 aromatic carbocycles. The van der Waals surface area contributed by atoms with Crippen LogP contribution in [-0.4, -0.2) is 15.1 Å². The minimum absolute atomic E-state index is 0.112. The number of benzene rings is 1. The number of rotatable bonds is 2. The zero-order chi connectivity index (χ0) is 10.8. The van der Waals surface area contributed by atoms with E-state index in [0.717, 1.165) is 0 Å². The summed E-state index contributed by atoms with van der Waals surface area (Å²) >= 11 is 5.76. The second-order valence-electron chi connectivity index (χ2n) is 2.85. The maximum absolute atomic E-state index is 10.8. The van der Waals surface area contributed by atoms with Gasteiger partial charge in [0.1, 0.15) is 5.02 Å². The number of aromatic nitrogens is 2. The second kappa shape index (κ2) is 3.70. The fourth-order valence-corrected chi connectivity index (χ4v) is 1.56. The molecule has 2 rings (SSSR count). The van der Waals surface area contributed by atoms with E-state index in [1.54, 1.807) is 24.4 Å². The van der Waals surface area contributed by atoms with Crippen molar-refractivity contribution in [1.82, 2.24) is 10.2 Å². The van der Waals surface area contributed by atoms with E-state index in [-0.39, 0.29) is 10.7 Å². The van der Waals surface area contributed by atoms with Gasteiger partial charge in [0.15, 0.2) is 0 Å². The van der Waals surface area contributed by atoms with Crippen molar-refractivity contribution in [1.29, 1.82) is 0 Å². The molecule has 0 atom stereocenters. The van der Waals surface area contributed by atoms with E-state index in [0.29, 0.717) is 11.3 Å². The first kappa shape index (κ1) is 9.67. The number of para-hydroxylation sites is 1. The van der Waals surface area contributed by atoms with Crippen molar-refractivity contribution < 1.29 is 4.92 Å². The predicted molar refractivity (Wildman–Crippen MR) is 55.7 cm³/mol. The Hall–Kier alpha value is -1.88. The SMILES string of the molecule is O=[N+]([O-])c1c(Cl)cccc1-c1cc[nH]n1. The number of hydrogen-bond donors (Lipinski definition) is 1. The lowest BCUT2D eigenvalue weighted by Gasteiger charge is -2.00. The minimum Gasteiger partial charge on any atom is -0.285 e. The Morgan fingerprint density at radius 2 is 2.20 bits per heavy atom. The highest BCUT2D eigenvalue weighted by Gasteiger charge is 2.20. The van der Waals surface area contributed by atoms with E-state index in [4.69, 9.17) is 11.6 Å². The first-order valence-electron chi connectivity index (χ1n) is 4.13. The molecule has 1 aromatic heterocycles. The van der Waals surface area contributed by atoms with Crippen LogP contribution in [0.15, 0.2) is 30.5 Å². The normalized spacial score (nSPS) is 10.2. The molecule has 0 spiro atoms. The summed E-state index contributed by atoms with van der Waals surface area (Å²) in [6.45, 7) is 0. The number of nitro groups is 1. The zero-order valence-electron chi connectivity index (χ0n) is 7.48. The molecule has 5 nitrogen and oxygen atoms in total. The van der Waals surface area contributed by atoms with Gasteiger partial charge in [-0.25, -0.2) is 0 Å². The number of nitrogens with zero attached hydrogens (tertiary/aromatic N) is 2. The molecule has 0 saturated heterocycles. The van der Waals surface area contributed by atoms with Crippen molar-refractivity contribution in [3.63, 3.8) is 0 Å². The third kappa shape index (κ3) is 1.69. The van der Waals surface area contributed by atoms with Gasteiger partial charge >= 0.3 is 0 Å². The summed E-state index contributed by atoms with van der Waals surface area (Å²) in [4.78, 5) is 10.3. The third-order valence-corrected chi connectivity index (χ3v) is 2.25. The van der Waals surface area contributed by atoms with Gasteiger partial charge in [-0.05, 0) is 18.2 Å². The van der Waals surface area contributed by atoms with E-state index < -0.39 is 4.92 Å². The van der Waals surface area contributed by atoms with Crippen LogP contribution >= 0.6 is 11.6 Å². The van der Waals surface area contributed by atoms with Crippen LogP contribution in [0, 0.1) is 10.1 Å². The Bertz CT molecular complexity index is 496. The fraction of sp³-hybridized carbons (Fsp3) is 0. The molecule has 0 saturated carbocycles. The van der Waals surface area contributed by atoms with Crippen molar-refractivity contribution in [2.75, 3.05) is 0 Å². The summed E-state index contributed by atoms with van der Waals surface area (Å²) < 4.78 is 0. The van der Waals surface area contributed by atoms with E-state index >= 15 is 0 Å². The molecule has 0 unspecified atom stereocenters. The fourth-order valence-electron chi connectivity index (χ4n) is 1.32. The average molecular weight is 224 g/mol. The van der Waals surface area contributed by atoms with Crippen molar-refractivity contribution >= 4 is 17.3 Å². The largest absolute Gasteiger partial charge is 0.297 e. The summed E-state index contributed by atoms with van der Waals surface area (Å²) in [5, 5.41) is 17.4. The van der Waals surface area contributed by atoms with Crippen LogP contribution < -0.4 is 0 Å². The first-order chi connectivity index (χ1) is 7.20. The Morgan fingerprint density at radius 1 is 1.40 bits per heavy atom. The molecule has 1 N–H and O–H groups in total. The van der Waals surface area contributed by atoms with Crippen LogP contribution in [0.25, 0.3) is 11.3 Å². The molecule has 0 fully saturated rings. The molecule has 15 heavy (non-hydrogen) atoms. The Balaban J connectivity index is 2.66. The average Bonchev–Trinajstić information content (AvgIpc) is 2.69.